The van der Waals surface area contributed by atoms with Gasteiger partial charge in [0.05, 0.1) is 4.90 Å². The number of piperidine rings is 1. The lowest BCUT2D eigenvalue weighted by atomic mass is 9.97. The number of carbonyl (C=O) groups excluding carboxylic acids is 1. The Hall–Kier alpha value is -1.15. The van der Waals surface area contributed by atoms with Gasteiger partial charge in [-0.1, -0.05) is 17.7 Å². The van der Waals surface area contributed by atoms with Gasteiger partial charge < -0.3 is 10.6 Å². The molecule has 1 aromatic rings. The van der Waals surface area contributed by atoms with E-state index in [4.69, 9.17) is 0 Å². The van der Waals surface area contributed by atoms with Gasteiger partial charge in [-0.15, -0.1) is 12.4 Å². The maximum absolute atomic E-state index is 12.7. The molecule has 3 rings (SSSR count). The zero-order valence-electron chi connectivity index (χ0n) is 15.8. The van der Waals surface area contributed by atoms with Crippen molar-refractivity contribution in [2.45, 2.75) is 37.5 Å². The average Bonchev–Trinajstić information content (AvgIpc) is 3.15. The molecule has 2 fully saturated rings. The Morgan fingerprint density at radius 2 is 1.85 bits per heavy atom. The van der Waals surface area contributed by atoms with Crippen LogP contribution in [0.25, 0.3) is 0 Å². The Labute approximate surface area is 168 Å². The lowest BCUT2D eigenvalue weighted by molar-refractivity contribution is -0.126. The number of hydrogen-bond donors (Lipinski definition) is 2. The predicted molar refractivity (Wildman–Crippen MR) is 109 cm³/mol. The number of amides is 1. The van der Waals surface area contributed by atoms with Crippen molar-refractivity contribution in [2.24, 2.45) is 11.8 Å². The van der Waals surface area contributed by atoms with Gasteiger partial charge in [-0.3, -0.25) is 4.79 Å². The molecule has 2 heterocycles. The van der Waals surface area contributed by atoms with E-state index in [1.807, 2.05) is 19.1 Å². The van der Waals surface area contributed by atoms with Crippen LogP contribution in [0.15, 0.2) is 29.2 Å². The van der Waals surface area contributed by atoms with Gasteiger partial charge in [-0.25, -0.2) is 8.42 Å². The molecule has 1 amide bonds. The van der Waals surface area contributed by atoms with Crippen LogP contribution < -0.4 is 10.6 Å². The Kier molecular flexibility index (Phi) is 8.09. The molecule has 0 aromatic heterocycles. The van der Waals surface area contributed by atoms with Gasteiger partial charge in [0, 0.05) is 25.6 Å². The van der Waals surface area contributed by atoms with Crippen LogP contribution >= 0.6 is 12.4 Å². The molecule has 2 aliphatic heterocycles. The molecule has 2 aliphatic rings. The number of nitrogens with zero attached hydrogens (tertiary/aromatic N) is 1. The number of benzene rings is 1. The molecule has 1 unspecified atom stereocenters. The fourth-order valence-electron chi connectivity index (χ4n) is 3.72. The third-order valence-electron chi connectivity index (χ3n) is 5.50. The Bertz CT molecular complexity index is 710. The van der Waals surface area contributed by atoms with Gasteiger partial charge in [0.2, 0.25) is 15.9 Å². The minimum absolute atomic E-state index is 0. The highest BCUT2D eigenvalue weighted by Crippen LogP contribution is 2.24. The van der Waals surface area contributed by atoms with Crippen LogP contribution in [-0.2, 0) is 14.8 Å². The maximum atomic E-state index is 12.7. The Morgan fingerprint density at radius 1 is 1.19 bits per heavy atom. The lowest BCUT2D eigenvalue weighted by Gasteiger charge is -2.30. The number of rotatable bonds is 6. The van der Waals surface area contributed by atoms with Gasteiger partial charge in [0.1, 0.15) is 0 Å². The molecule has 1 aromatic carbocycles. The number of halogens is 1. The summed E-state index contributed by atoms with van der Waals surface area (Å²) >= 11 is 0. The fourth-order valence-corrected chi connectivity index (χ4v) is 5.19. The first-order valence-electron chi connectivity index (χ1n) is 9.52. The SMILES string of the molecule is Cc1ccc(S(=O)(=O)N2CCC(C(=O)NCCC3CCNC3)CC2)cc1.Cl. The van der Waals surface area contributed by atoms with Crippen LogP contribution in [-0.4, -0.2) is 51.4 Å². The molecule has 0 radical (unpaired) electrons. The van der Waals surface area contributed by atoms with Gasteiger partial charge in [-0.2, -0.15) is 4.31 Å². The summed E-state index contributed by atoms with van der Waals surface area (Å²) in [5.74, 6) is 0.654. The van der Waals surface area contributed by atoms with E-state index in [1.54, 1.807) is 12.1 Å². The van der Waals surface area contributed by atoms with Gasteiger partial charge in [-0.05, 0) is 63.7 Å². The summed E-state index contributed by atoms with van der Waals surface area (Å²) in [5, 5.41) is 6.37. The normalized spacial score (nSPS) is 21.6. The summed E-state index contributed by atoms with van der Waals surface area (Å²) in [6.45, 7) is 5.58. The van der Waals surface area contributed by atoms with Crippen LogP contribution in [0.1, 0.15) is 31.2 Å². The largest absolute Gasteiger partial charge is 0.356 e. The second-order valence-electron chi connectivity index (χ2n) is 7.43. The minimum Gasteiger partial charge on any atom is -0.356 e. The quantitative estimate of drug-likeness (QED) is 0.744. The molecule has 27 heavy (non-hydrogen) atoms. The summed E-state index contributed by atoms with van der Waals surface area (Å²) in [7, 11) is -3.46. The van der Waals surface area contributed by atoms with E-state index in [1.165, 1.54) is 10.7 Å². The van der Waals surface area contributed by atoms with Crippen molar-refractivity contribution in [3.63, 3.8) is 0 Å². The topological polar surface area (TPSA) is 78.5 Å². The van der Waals surface area contributed by atoms with E-state index >= 15 is 0 Å². The standard InChI is InChI=1S/C19H29N3O3S.ClH/c1-15-2-4-18(5-3-15)26(24,25)22-12-8-17(9-13-22)19(23)21-11-7-16-6-10-20-14-16;/h2-5,16-17,20H,6-14H2,1H3,(H,21,23);1H. The summed E-state index contributed by atoms with van der Waals surface area (Å²) in [6.07, 6.45) is 3.37. The maximum Gasteiger partial charge on any atom is 0.243 e. The van der Waals surface area contributed by atoms with Crippen LogP contribution in [0.4, 0.5) is 0 Å². The second-order valence-corrected chi connectivity index (χ2v) is 9.37. The summed E-state index contributed by atoms with van der Waals surface area (Å²) in [6, 6.07) is 6.93. The highest BCUT2D eigenvalue weighted by Gasteiger charge is 2.32. The average molecular weight is 416 g/mol. The minimum atomic E-state index is -3.46. The van der Waals surface area contributed by atoms with Crippen LogP contribution in [0, 0.1) is 18.8 Å². The molecule has 6 nitrogen and oxygen atoms in total. The molecule has 0 bridgehead atoms. The van der Waals surface area contributed by atoms with E-state index in [0.717, 1.165) is 25.1 Å². The molecule has 152 valence electrons. The van der Waals surface area contributed by atoms with Crippen molar-refractivity contribution in [3.8, 4) is 0 Å². The lowest BCUT2D eigenvalue weighted by Crippen LogP contribution is -2.43. The first-order valence-corrected chi connectivity index (χ1v) is 11.0. The fraction of sp³-hybridized carbons (Fsp3) is 0.632. The van der Waals surface area contributed by atoms with Crippen molar-refractivity contribution < 1.29 is 13.2 Å². The van der Waals surface area contributed by atoms with Crippen LogP contribution in [0.3, 0.4) is 0 Å². The van der Waals surface area contributed by atoms with E-state index in [2.05, 4.69) is 10.6 Å². The van der Waals surface area contributed by atoms with Crippen LogP contribution in [0.5, 0.6) is 0 Å². The summed E-state index contributed by atoms with van der Waals surface area (Å²) in [4.78, 5) is 12.7. The number of hydrogen-bond acceptors (Lipinski definition) is 4. The molecular formula is C19H30ClN3O3S. The van der Waals surface area contributed by atoms with Gasteiger partial charge in [0.25, 0.3) is 0 Å². The smallest absolute Gasteiger partial charge is 0.243 e. The monoisotopic (exact) mass is 415 g/mol. The van der Waals surface area contributed by atoms with Gasteiger partial charge >= 0.3 is 0 Å². The van der Waals surface area contributed by atoms with E-state index in [-0.39, 0.29) is 24.2 Å². The first kappa shape index (κ1) is 22.1. The Balaban J connectivity index is 0.00000261. The zero-order chi connectivity index (χ0) is 18.6. The molecule has 0 aliphatic carbocycles. The first-order chi connectivity index (χ1) is 12.5. The van der Waals surface area contributed by atoms with Crippen molar-refractivity contribution in [3.05, 3.63) is 29.8 Å². The molecular weight excluding hydrogens is 386 g/mol. The third kappa shape index (κ3) is 5.67. The van der Waals surface area contributed by atoms with Gasteiger partial charge in [0.15, 0.2) is 0 Å². The highest BCUT2D eigenvalue weighted by atomic mass is 35.5. The number of carbonyl (C=O) groups is 1. The second kappa shape index (κ2) is 9.87. The van der Waals surface area contributed by atoms with Crippen molar-refractivity contribution >= 4 is 28.3 Å². The molecule has 0 spiro atoms. The number of nitrogens with one attached hydrogen (secondary N) is 2. The zero-order valence-corrected chi connectivity index (χ0v) is 17.4. The molecule has 2 saturated heterocycles. The highest BCUT2D eigenvalue weighted by molar-refractivity contribution is 7.89. The molecule has 1 atom stereocenters. The molecule has 0 saturated carbocycles. The van der Waals surface area contributed by atoms with E-state index in [0.29, 0.717) is 43.3 Å². The summed E-state index contributed by atoms with van der Waals surface area (Å²) in [5.41, 5.74) is 1.03. The molecule has 2 N–H and O–H groups in total. The van der Waals surface area contributed by atoms with E-state index in [9.17, 15) is 13.2 Å². The number of aryl methyl sites for hydroxylation is 1. The van der Waals surface area contributed by atoms with Crippen LogP contribution in [0.2, 0.25) is 0 Å². The van der Waals surface area contributed by atoms with Crippen molar-refractivity contribution in [1.29, 1.82) is 0 Å². The third-order valence-corrected chi connectivity index (χ3v) is 7.41. The molecule has 8 heteroatoms. The van der Waals surface area contributed by atoms with Crippen molar-refractivity contribution in [1.82, 2.24) is 14.9 Å². The number of sulfonamides is 1. The predicted octanol–water partition coefficient (Wildman–Crippen LogP) is 1.93. The van der Waals surface area contributed by atoms with Crippen molar-refractivity contribution in [2.75, 3.05) is 32.7 Å². The Morgan fingerprint density at radius 3 is 2.44 bits per heavy atom. The van der Waals surface area contributed by atoms with E-state index < -0.39 is 10.0 Å². The summed E-state index contributed by atoms with van der Waals surface area (Å²) < 4.78 is 26.9.